The number of hydrogen-bond donors (Lipinski definition) is 1. The van der Waals surface area contributed by atoms with Gasteiger partial charge in [0.05, 0.1) is 4.92 Å². The molecule has 5 nitrogen and oxygen atoms in total. The summed E-state index contributed by atoms with van der Waals surface area (Å²) < 4.78 is 0. The number of benzene rings is 1. The maximum atomic E-state index is 10.7. The van der Waals surface area contributed by atoms with Crippen molar-refractivity contribution in [2.45, 2.75) is 32.5 Å². The van der Waals surface area contributed by atoms with Crippen LogP contribution in [0.15, 0.2) is 18.2 Å². The van der Waals surface area contributed by atoms with E-state index >= 15 is 0 Å². The molecule has 1 aromatic carbocycles. The number of piperazine rings is 1. The first kappa shape index (κ1) is 17.2. The van der Waals surface area contributed by atoms with Crippen molar-refractivity contribution in [1.29, 1.82) is 0 Å². The Hall–Kier alpha value is -0.880. The van der Waals surface area contributed by atoms with E-state index in [1.54, 1.807) is 12.1 Å². The third-order valence-electron chi connectivity index (χ3n) is 3.25. The van der Waals surface area contributed by atoms with E-state index in [2.05, 4.69) is 24.1 Å². The predicted molar refractivity (Wildman–Crippen MR) is 82.7 cm³/mol. The Balaban J connectivity index is 0.00000200. The van der Waals surface area contributed by atoms with Crippen LogP contribution in [0.1, 0.15) is 19.4 Å². The molecule has 0 aliphatic carbocycles. The van der Waals surface area contributed by atoms with E-state index < -0.39 is 4.92 Å². The number of nitro benzene ring substituents is 1. The van der Waals surface area contributed by atoms with E-state index in [1.807, 2.05) is 0 Å². The van der Waals surface area contributed by atoms with E-state index in [-0.39, 0.29) is 23.1 Å². The molecule has 1 aliphatic rings. The molecule has 0 spiro atoms. The number of rotatable bonds is 3. The topological polar surface area (TPSA) is 58.4 Å². The summed E-state index contributed by atoms with van der Waals surface area (Å²) in [7, 11) is 0. The molecule has 0 amide bonds. The summed E-state index contributed by atoms with van der Waals surface area (Å²) in [4.78, 5) is 12.6. The molecule has 1 N–H and O–H groups in total. The van der Waals surface area contributed by atoms with Crippen molar-refractivity contribution in [3.05, 3.63) is 38.9 Å². The molecular formula is C13H19Cl2N3O2. The Bertz CT molecular complexity index is 475. The maximum Gasteiger partial charge on any atom is 0.287 e. The minimum absolute atomic E-state index is 0. The molecule has 1 heterocycles. The first-order valence-corrected chi connectivity index (χ1v) is 6.74. The summed E-state index contributed by atoms with van der Waals surface area (Å²) in [6, 6.07) is 5.86. The van der Waals surface area contributed by atoms with Crippen molar-refractivity contribution < 1.29 is 4.92 Å². The highest BCUT2D eigenvalue weighted by Crippen LogP contribution is 2.25. The fourth-order valence-electron chi connectivity index (χ4n) is 2.62. The number of nitrogens with one attached hydrogen (secondary N) is 1. The van der Waals surface area contributed by atoms with Gasteiger partial charge in [0.2, 0.25) is 0 Å². The van der Waals surface area contributed by atoms with Crippen molar-refractivity contribution in [3.8, 4) is 0 Å². The minimum Gasteiger partial charge on any atom is -0.309 e. The lowest BCUT2D eigenvalue weighted by Gasteiger charge is -2.36. The van der Waals surface area contributed by atoms with Crippen LogP contribution in [0.4, 0.5) is 5.69 Å². The summed E-state index contributed by atoms with van der Waals surface area (Å²) in [6.45, 7) is 7.03. The van der Waals surface area contributed by atoms with Gasteiger partial charge in [-0.3, -0.25) is 15.0 Å². The highest BCUT2D eigenvalue weighted by Gasteiger charge is 2.21. The number of nitro groups is 1. The zero-order valence-corrected chi connectivity index (χ0v) is 13.1. The van der Waals surface area contributed by atoms with E-state index in [1.165, 1.54) is 6.07 Å². The van der Waals surface area contributed by atoms with Crippen LogP contribution in [-0.2, 0) is 6.54 Å². The number of halogens is 2. The highest BCUT2D eigenvalue weighted by molar-refractivity contribution is 6.32. The molecule has 112 valence electrons. The molecule has 0 saturated carbocycles. The largest absolute Gasteiger partial charge is 0.309 e. The monoisotopic (exact) mass is 319 g/mol. The lowest BCUT2D eigenvalue weighted by molar-refractivity contribution is -0.384. The molecule has 0 radical (unpaired) electrons. The third kappa shape index (κ3) is 4.31. The van der Waals surface area contributed by atoms with Gasteiger partial charge in [0.25, 0.3) is 5.69 Å². The lowest BCUT2D eigenvalue weighted by atomic mass is 10.1. The fraction of sp³-hybridized carbons (Fsp3) is 0.538. The van der Waals surface area contributed by atoms with Gasteiger partial charge in [-0.25, -0.2) is 0 Å². The average Bonchev–Trinajstić information content (AvgIpc) is 2.26. The van der Waals surface area contributed by atoms with Gasteiger partial charge in [0.1, 0.15) is 5.02 Å². The summed E-state index contributed by atoms with van der Waals surface area (Å²) >= 11 is 5.93. The molecule has 2 atom stereocenters. The summed E-state index contributed by atoms with van der Waals surface area (Å²) in [5.74, 6) is 0. The standard InChI is InChI=1S/C13H18ClN3O2.ClH/c1-9-6-16(7-10(2)15-9)8-11-3-4-13(17(18)19)12(14)5-11;/h3-5,9-10,15H,6-8H2,1-2H3;1H. The predicted octanol–water partition coefficient (Wildman–Crippen LogP) is 2.85. The van der Waals surface area contributed by atoms with E-state index in [9.17, 15) is 10.1 Å². The van der Waals surface area contributed by atoms with Crippen LogP contribution in [0.25, 0.3) is 0 Å². The molecule has 2 unspecified atom stereocenters. The molecule has 2 rings (SSSR count). The molecule has 20 heavy (non-hydrogen) atoms. The van der Waals surface area contributed by atoms with Crippen LogP contribution in [0, 0.1) is 10.1 Å². The van der Waals surface area contributed by atoms with Crippen molar-refractivity contribution in [2.24, 2.45) is 0 Å². The van der Waals surface area contributed by atoms with Crippen LogP contribution in [0.2, 0.25) is 5.02 Å². The van der Waals surface area contributed by atoms with E-state index in [0.717, 1.165) is 25.2 Å². The van der Waals surface area contributed by atoms with Crippen molar-refractivity contribution >= 4 is 29.7 Å². The molecule has 1 saturated heterocycles. The molecule has 1 aliphatic heterocycles. The lowest BCUT2D eigenvalue weighted by Crippen LogP contribution is -2.53. The SMILES string of the molecule is CC1CN(Cc2ccc([N+](=O)[O-])c(Cl)c2)CC(C)N1.Cl. The third-order valence-corrected chi connectivity index (χ3v) is 3.55. The second kappa shape index (κ2) is 7.22. The Labute approximate surface area is 129 Å². The van der Waals surface area contributed by atoms with E-state index in [0.29, 0.717) is 12.1 Å². The zero-order chi connectivity index (χ0) is 14.0. The average molecular weight is 320 g/mol. The van der Waals surface area contributed by atoms with Gasteiger partial charge < -0.3 is 5.32 Å². The molecule has 1 aromatic rings. The van der Waals surface area contributed by atoms with Crippen LogP contribution < -0.4 is 5.32 Å². The number of hydrogen-bond acceptors (Lipinski definition) is 4. The highest BCUT2D eigenvalue weighted by atomic mass is 35.5. The Morgan fingerprint density at radius 3 is 2.50 bits per heavy atom. The van der Waals surface area contributed by atoms with Crippen LogP contribution in [0.5, 0.6) is 0 Å². The van der Waals surface area contributed by atoms with Crippen LogP contribution >= 0.6 is 24.0 Å². The van der Waals surface area contributed by atoms with Gasteiger partial charge >= 0.3 is 0 Å². The van der Waals surface area contributed by atoms with Crippen molar-refractivity contribution in [3.63, 3.8) is 0 Å². The maximum absolute atomic E-state index is 10.7. The van der Waals surface area contributed by atoms with Gasteiger partial charge in [-0.15, -0.1) is 12.4 Å². The van der Waals surface area contributed by atoms with Gasteiger partial charge in [0.15, 0.2) is 0 Å². The normalized spacial score (nSPS) is 23.1. The Morgan fingerprint density at radius 1 is 1.40 bits per heavy atom. The summed E-state index contributed by atoms with van der Waals surface area (Å²) in [6.07, 6.45) is 0. The van der Waals surface area contributed by atoms with Crippen LogP contribution in [0.3, 0.4) is 0 Å². The van der Waals surface area contributed by atoms with Crippen LogP contribution in [-0.4, -0.2) is 35.0 Å². The van der Waals surface area contributed by atoms with Gasteiger partial charge in [-0.1, -0.05) is 17.7 Å². The minimum atomic E-state index is -0.457. The first-order valence-electron chi connectivity index (χ1n) is 6.37. The fourth-order valence-corrected chi connectivity index (χ4v) is 2.90. The zero-order valence-electron chi connectivity index (χ0n) is 11.5. The number of nitrogens with zero attached hydrogens (tertiary/aromatic N) is 2. The summed E-state index contributed by atoms with van der Waals surface area (Å²) in [5.41, 5.74) is 0.976. The Kier molecular flexibility index (Phi) is 6.20. The van der Waals surface area contributed by atoms with Crippen molar-refractivity contribution in [1.82, 2.24) is 10.2 Å². The van der Waals surface area contributed by atoms with Gasteiger partial charge in [-0.2, -0.15) is 0 Å². The molecule has 0 aromatic heterocycles. The quantitative estimate of drug-likeness (QED) is 0.687. The van der Waals surface area contributed by atoms with Gasteiger partial charge in [-0.05, 0) is 25.5 Å². The molecule has 7 heteroatoms. The molecule has 1 fully saturated rings. The summed E-state index contributed by atoms with van der Waals surface area (Å²) in [5, 5.41) is 14.4. The first-order chi connectivity index (χ1) is 8.95. The Morgan fingerprint density at radius 2 is 2.00 bits per heavy atom. The van der Waals surface area contributed by atoms with E-state index in [4.69, 9.17) is 11.6 Å². The van der Waals surface area contributed by atoms with Crippen molar-refractivity contribution in [2.75, 3.05) is 13.1 Å². The molecular weight excluding hydrogens is 301 g/mol. The second-order valence-corrected chi connectivity index (χ2v) is 5.61. The molecule has 0 bridgehead atoms. The smallest absolute Gasteiger partial charge is 0.287 e. The second-order valence-electron chi connectivity index (χ2n) is 5.21. The van der Waals surface area contributed by atoms with Gasteiger partial charge in [0, 0.05) is 37.8 Å².